The summed E-state index contributed by atoms with van der Waals surface area (Å²) in [7, 11) is -3.11. The van der Waals surface area contributed by atoms with Crippen LogP contribution in [0.2, 0.25) is 0 Å². The van der Waals surface area contributed by atoms with E-state index in [-0.39, 0.29) is 11.8 Å². The summed E-state index contributed by atoms with van der Waals surface area (Å²) in [4.78, 5) is 0. The molecule has 5 heteroatoms. The van der Waals surface area contributed by atoms with Gasteiger partial charge in [0.25, 0.3) is 0 Å². The van der Waals surface area contributed by atoms with Gasteiger partial charge in [0.1, 0.15) is 0 Å². The fourth-order valence-electron chi connectivity index (χ4n) is 2.90. The number of rotatable bonds is 9. The zero-order valence-corrected chi connectivity index (χ0v) is 13.3. The van der Waals surface area contributed by atoms with E-state index in [0.717, 1.165) is 19.5 Å². The monoisotopic (exact) mass is 290 g/mol. The van der Waals surface area contributed by atoms with Gasteiger partial charge in [-0.15, -0.1) is 0 Å². The average Bonchev–Trinajstić information content (AvgIpc) is 2.42. The van der Waals surface area contributed by atoms with Crippen LogP contribution in [0, 0.1) is 5.92 Å². The van der Waals surface area contributed by atoms with Crippen LogP contribution >= 0.6 is 0 Å². The third-order valence-corrected chi connectivity index (χ3v) is 5.49. The van der Waals surface area contributed by atoms with E-state index in [4.69, 9.17) is 0 Å². The lowest BCUT2D eigenvalue weighted by molar-refractivity contribution is 0.285. The van der Waals surface area contributed by atoms with Crippen molar-refractivity contribution in [2.24, 2.45) is 5.92 Å². The molecular formula is C14H30N2O2S. The molecule has 0 radical (unpaired) electrons. The summed E-state index contributed by atoms with van der Waals surface area (Å²) in [5.41, 5.74) is 0. The molecule has 0 aliphatic heterocycles. The van der Waals surface area contributed by atoms with Crippen molar-refractivity contribution in [3.05, 3.63) is 0 Å². The second-order valence-corrected chi connectivity index (χ2v) is 7.43. The number of hydrogen-bond acceptors (Lipinski definition) is 3. The molecule has 1 aliphatic rings. The largest absolute Gasteiger partial charge is 0.317 e. The Morgan fingerprint density at radius 2 is 1.84 bits per heavy atom. The van der Waals surface area contributed by atoms with E-state index in [9.17, 15) is 8.42 Å². The Hall–Kier alpha value is -0.130. The highest BCUT2D eigenvalue weighted by Gasteiger charge is 2.25. The van der Waals surface area contributed by atoms with Crippen LogP contribution in [-0.2, 0) is 10.0 Å². The van der Waals surface area contributed by atoms with Gasteiger partial charge in [-0.2, -0.15) is 0 Å². The minimum absolute atomic E-state index is 0.143. The zero-order valence-electron chi connectivity index (χ0n) is 12.5. The van der Waals surface area contributed by atoms with Gasteiger partial charge in [-0.3, -0.25) is 0 Å². The molecule has 1 atom stereocenters. The number of hydrogen-bond donors (Lipinski definition) is 2. The molecule has 0 aromatic carbocycles. The van der Waals surface area contributed by atoms with Gasteiger partial charge in [0.15, 0.2) is 0 Å². The molecule has 0 amide bonds. The zero-order chi connectivity index (χ0) is 14.1. The molecule has 0 saturated heterocycles. The van der Waals surface area contributed by atoms with Crippen LogP contribution in [0.3, 0.4) is 0 Å². The maximum Gasteiger partial charge on any atom is 0.211 e. The van der Waals surface area contributed by atoms with Crippen LogP contribution in [0.15, 0.2) is 0 Å². The smallest absolute Gasteiger partial charge is 0.211 e. The summed E-state index contributed by atoms with van der Waals surface area (Å²) >= 11 is 0. The summed E-state index contributed by atoms with van der Waals surface area (Å²) in [5, 5.41) is 3.16. The van der Waals surface area contributed by atoms with Crippen LogP contribution in [0.5, 0.6) is 0 Å². The van der Waals surface area contributed by atoms with Gasteiger partial charge in [0.05, 0.1) is 5.75 Å². The Morgan fingerprint density at radius 1 is 1.16 bits per heavy atom. The molecule has 1 unspecified atom stereocenters. The fraction of sp³-hybridized carbons (Fsp3) is 1.00. The molecular weight excluding hydrogens is 260 g/mol. The van der Waals surface area contributed by atoms with Crippen molar-refractivity contribution in [2.75, 3.05) is 18.8 Å². The van der Waals surface area contributed by atoms with Crippen molar-refractivity contribution < 1.29 is 8.42 Å². The molecule has 4 nitrogen and oxygen atoms in total. The first-order chi connectivity index (χ1) is 9.09. The highest BCUT2D eigenvalue weighted by molar-refractivity contribution is 7.89. The van der Waals surface area contributed by atoms with E-state index in [1.54, 1.807) is 0 Å². The second kappa shape index (κ2) is 8.93. The predicted molar refractivity (Wildman–Crippen MR) is 80.7 cm³/mol. The van der Waals surface area contributed by atoms with Crippen LogP contribution < -0.4 is 10.0 Å². The fourth-order valence-corrected chi connectivity index (χ4v) is 4.37. The first-order valence-corrected chi connectivity index (χ1v) is 9.45. The van der Waals surface area contributed by atoms with Crippen LogP contribution in [0.25, 0.3) is 0 Å². The minimum Gasteiger partial charge on any atom is -0.317 e. The van der Waals surface area contributed by atoms with Crippen LogP contribution in [0.1, 0.15) is 58.8 Å². The molecule has 0 aromatic rings. The Morgan fingerprint density at radius 3 is 2.42 bits per heavy atom. The Bertz CT molecular complexity index is 324. The van der Waals surface area contributed by atoms with E-state index in [1.807, 2.05) is 6.92 Å². The average molecular weight is 290 g/mol. The third-order valence-electron chi connectivity index (χ3n) is 4.01. The molecule has 2 N–H and O–H groups in total. The summed E-state index contributed by atoms with van der Waals surface area (Å²) in [6.45, 7) is 5.79. The lowest BCUT2D eigenvalue weighted by atomic mass is 9.83. The van der Waals surface area contributed by atoms with Crippen molar-refractivity contribution in [2.45, 2.75) is 64.8 Å². The molecule has 1 aliphatic carbocycles. The summed E-state index contributed by atoms with van der Waals surface area (Å²) in [6, 6.07) is 0.143. The van der Waals surface area contributed by atoms with E-state index < -0.39 is 10.0 Å². The van der Waals surface area contributed by atoms with Gasteiger partial charge >= 0.3 is 0 Å². The molecule has 1 saturated carbocycles. The lowest BCUT2D eigenvalue weighted by Crippen LogP contribution is -2.42. The van der Waals surface area contributed by atoms with Gasteiger partial charge in [-0.25, -0.2) is 13.1 Å². The lowest BCUT2D eigenvalue weighted by Gasteiger charge is -2.30. The molecule has 0 bridgehead atoms. The maximum absolute atomic E-state index is 12.1. The van der Waals surface area contributed by atoms with Gasteiger partial charge in [-0.1, -0.05) is 33.1 Å². The van der Waals surface area contributed by atoms with Crippen molar-refractivity contribution in [1.29, 1.82) is 0 Å². The van der Waals surface area contributed by atoms with E-state index in [2.05, 4.69) is 17.0 Å². The summed E-state index contributed by atoms with van der Waals surface area (Å²) in [6.07, 6.45) is 7.76. The molecule has 0 aromatic heterocycles. The predicted octanol–water partition coefficient (Wildman–Crippen LogP) is 2.26. The molecule has 0 heterocycles. The van der Waals surface area contributed by atoms with Crippen LogP contribution in [-0.4, -0.2) is 33.3 Å². The Balaban J connectivity index is 2.39. The highest BCUT2D eigenvalue weighted by atomic mass is 32.2. The second-order valence-electron chi connectivity index (χ2n) is 5.56. The Kier molecular flexibility index (Phi) is 7.95. The maximum atomic E-state index is 12.1. The van der Waals surface area contributed by atoms with Gasteiger partial charge in [0, 0.05) is 6.04 Å². The number of nitrogens with one attached hydrogen (secondary N) is 2. The summed E-state index contributed by atoms with van der Waals surface area (Å²) in [5.74, 6) is 0.783. The molecule has 0 spiro atoms. The van der Waals surface area contributed by atoms with Crippen molar-refractivity contribution in [3.63, 3.8) is 0 Å². The minimum atomic E-state index is -3.11. The standard InChI is InChI=1S/C14H30N2O2S/c1-3-14(13-9-6-5-7-10-13)16-19(17,18)12-8-11-15-4-2/h13-16H,3-12H2,1-2H3. The van der Waals surface area contributed by atoms with E-state index in [0.29, 0.717) is 12.3 Å². The van der Waals surface area contributed by atoms with Gasteiger partial charge in [0.2, 0.25) is 10.0 Å². The normalized spacial score (nSPS) is 19.5. The molecule has 1 rings (SSSR count). The van der Waals surface area contributed by atoms with E-state index in [1.165, 1.54) is 32.1 Å². The van der Waals surface area contributed by atoms with Crippen LogP contribution in [0.4, 0.5) is 0 Å². The molecule has 114 valence electrons. The van der Waals surface area contributed by atoms with Crippen molar-refractivity contribution in [1.82, 2.24) is 10.0 Å². The Labute approximate surface area is 118 Å². The quantitative estimate of drug-likeness (QED) is 0.640. The van der Waals surface area contributed by atoms with Crippen molar-refractivity contribution >= 4 is 10.0 Å². The molecule has 1 fully saturated rings. The van der Waals surface area contributed by atoms with Gasteiger partial charge < -0.3 is 5.32 Å². The van der Waals surface area contributed by atoms with E-state index >= 15 is 0 Å². The third kappa shape index (κ3) is 6.72. The number of sulfonamides is 1. The topological polar surface area (TPSA) is 58.2 Å². The first-order valence-electron chi connectivity index (χ1n) is 7.79. The first kappa shape index (κ1) is 16.9. The molecule has 19 heavy (non-hydrogen) atoms. The summed E-state index contributed by atoms with van der Waals surface area (Å²) < 4.78 is 27.1. The SMILES string of the molecule is CCNCCCS(=O)(=O)NC(CC)C1CCCCC1. The van der Waals surface area contributed by atoms with Crippen molar-refractivity contribution in [3.8, 4) is 0 Å². The van der Waals surface area contributed by atoms with Gasteiger partial charge in [-0.05, 0) is 44.7 Å². The highest BCUT2D eigenvalue weighted by Crippen LogP contribution is 2.28.